The SMILES string of the molecule is O=C(Nc1ccc(-n2ccnc2)cc1)c1cc(Br)c[nH]1. The molecule has 0 saturated heterocycles. The number of halogens is 1. The van der Waals surface area contributed by atoms with Crippen molar-refractivity contribution in [3.8, 4) is 5.69 Å². The minimum atomic E-state index is -0.175. The number of amides is 1. The van der Waals surface area contributed by atoms with Crippen LogP contribution in [0.2, 0.25) is 0 Å². The van der Waals surface area contributed by atoms with Gasteiger partial charge >= 0.3 is 0 Å². The summed E-state index contributed by atoms with van der Waals surface area (Å²) in [5.41, 5.74) is 2.24. The summed E-state index contributed by atoms with van der Waals surface area (Å²) >= 11 is 3.30. The number of imidazole rings is 1. The molecule has 0 atom stereocenters. The van der Waals surface area contributed by atoms with E-state index < -0.39 is 0 Å². The lowest BCUT2D eigenvalue weighted by Gasteiger charge is -2.06. The van der Waals surface area contributed by atoms with Crippen molar-refractivity contribution < 1.29 is 4.79 Å². The predicted molar refractivity (Wildman–Crippen MR) is 80.0 cm³/mol. The van der Waals surface area contributed by atoms with Gasteiger partial charge in [-0.1, -0.05) is 0 Å². The average molecular weight is 331 g/mol. The molecular weight excluding hydrogens is 320 g/mol. The molecule has 5 nitrogen and oxygen atoms in total. The highest BCUT2D eigenvalue weighted by atomic mass is 79.9. The maximum Gasteiger partial charge on any atom is 0.272 e. The number of rotatable bonds is 3. The second-order valence-electron chi connectivity index (χ2n) is 4.20. The van der Waals surface area contributed by atoms with Gasteiger partial charge in [0, 0.05) is 34.4 Å². The highest BCUT2D eigenvalue weighted by molar-refractivity contribution is 9.10. The van der Waals surface area contributed by atoms with Gasteiger partial charge in [-0.05, 0) is 46.3 Å². The van der Waals surface area contributed by atoms with Crippen LogP contribution in [0.25, 0.3) is 5.69 Å². The van der Waals surface area contributed by atoms with Crippen molar-refractivity contribution in [2.75, 3.05) is 5.32 Å². The highest BCUT2D eigenvalue weighted by Gasteiger charge is 2.08. The van der Waals surface area contributed by atoms with E-state index in [0.29, 0.717) is 5.69 Å². The van der Waals surface area contributed by atoms with E-state index in [4.69, 9.17) is 0 Å². The van der Waals surface area contributed by atoms with E-state index >= 15 is 0 Å². The van der Waals surface area contributed by atoms with Crippen LogP contribution in [0.4, 0.5) is 5.69 Å². The molecule has 1 amide bonds. The number of H-pyrrole nitrogens is 1. The summed E-state index contributed by atoms with van der Waals surface area (Å²) in [6.07, 6.45) is 7.03. The largest absolute Gasteiger partial charge is 0.356 e. The normalized spacial score (nSPS) is 10.4. The van der Waals surface area contributed by atoms with Crippen LogP contribution in [0, 0.1) is 0 Å². The zero-order chi connectivity index (χ0) is 13.9. The molecule has 0 bridgehead atoms. The Morgan fingerprint density at radius 2 is 2.10 bits per heavy atom. The molecule has 0 radical (unpaired) electrons. The van der Waals surface area contributed by atoms with E-state index in [9.17, 15) is 4.79 Å². The zero-order valence-corrected chi connectivity index (χ0v) is 12.0. The topological polar surface area (TPSA) is 62.7 Å². The number of aromatic amines is 1. The van der Waals surface area contributed by atoms with Crippen LogP contribution in [0.1, 0.15) is 10.5 Å². The van der Waals surface area contributed by atoms with Crippen LogP contribution in [0.5, 0.6) is 0 Å². The molecule has 0 aliphatic rings. The monoisotopic (exact) mass is 330 g/mol. The maximum atomic E-state index is 12.0. The Kier molecular flexibility index (Phi) is 3.39. The van der Waals surface area contributed by atoms with Gasteiger partial charge in [-0.25, -0.2) is 4.98 Å². The molecule has 0 saturated carbocycles. The second kappa shape index (κ2) is 5.34. The molecule has 3 aromatic rings. The quantitative estimate of drug-likeness (QED) is 0.774. The molecule has 6 heteroatoms. The first-order valence-electron chi connectivity index (χ1n) is 5.96. The molecule has 2 N–H and O–H groups in total. The molecule has 100 valence electrons. The van der Waals surface area contributed by atoms with Gasteiger partial charge in [-0.2, -0.15) is 0 Å². The Morgan fingerprint density at radius 1 is 1.30 bits per heavy atom. The summed E-state index contributed by atoms with van der Waals surface area (Å²) in [4.78, 5) is 18.8. The van der Waals surface area contributed by atoms with Crippen LogP contribution >= 0.6 is 15.9 Å². The fourth-order valence-corrected chi connectivity index (χ4v) is 2.17. The molecule has 2 aromatic heterocycles. The van der Waals surface area contributed by atoms with Gasteiger partial charge in [0.05, 0.1) is 6.33 Å². The lowest BCUT2D eigenvalue weighted by atomic mass is 10.2. The van der Waals surface area contributed by atoms with Gasteiger partial charge in [0.1, 0.15) is 5.69 Å². The molecule has 20 heavy (non-hydrogen) atoms. The van der Waals surface area contributed by atoms with Gasteiger partial charge in [-0.15, -0.1) is 0 Å². The molecule has 0 fully saturated rings. The summed E-state index contributed by atoms with van der Waals surface area (Å²) in [6.45, 7) is 0. The van der Waals surface area contributed by atoms with E-state index in [2.05, 4.69) is 31.2 Å². The van der Waals surface area contributed by atoms with E-state index in [1.165, 1.54) is 0 Å². The first-order chi connectivity index (χ1) is 9.72. The van der Waals surface area contributed by atoms with E-state index in [-0.39, 0.29) is 5.91 Å². The van der Waals surface area contributed by atoms with Gasteiger partial charge in [0.2, 0.25) is 0 Å². The number of anilines is 1. The Morgan fingerprint density at radius 3 is 2.70 bits per heavy atom. The summed E-state index contributed by atoms with van der Waals surface area (Å²) in [5.74, 6) is -0.175. The standard InChI is InChI=1S/C14H11BrN4O/c15-10-7-13(17-8-10)14(20)18-11-1-3-12(4-2-11)19-6-5-16-9-19/h1-9,17H,(H,18,20). The number of benzene rings is 1. The average Bonchev–Trinajstić information content (AvgIpc) is 3.10. The smallest absolute Gasteiger partial charge is 0.272 e. The summed E-state index contributed by atoms with van der Waals surface area (Å²) in [5, 5.41) is 2.83. The molecule has 2 heterocycles. The number of hydrogen-bond donors (Lipinski definition) is 2. The summed E-state index contributed by atoms with van der Waals surface area (Å²) in [7, 11) is 0. The van der Waals surface area contributed by atoms with Crippen molar-refractivity contribution in [3.05, 3.63) is 65.4 Å². The molecule has 0 spiro atoms. The van der Waals surface area contributed by atoms with Crippen LogP contribution in [-0.2, 0) is 0 Å². The van der Waals surface area contributed by atoms with Crippen molar-refractivity contribution in [1.29, 1.82) is 0 Å². The van der Waals surface area contributed by atoms with Crippen molar-refractivity contribution in [3.63, 3.8) is 0 Å². The van der Waals surface area contributed by atoms with Gasteiger partial charge < -0.3 is 14.9 Å². The van der Waals surface area contributed by atoms with Crippen molar-refractivity contribution in [2.45, 2.75) is 0 Å². The number of carbonyl (C=O) groups is 1. The third-order valence-corrected chi connectivity index (χ3v) is 3.28. The van der Waals surface area contributed by atoms with Gasteiger partial charge in [0.15, 0.2) is 0 Å². The summed E-state index contributed by atoms with van der Waals surface area (Å²) < 4.78 is 2.74. The second-order valence-corrected chi connectivity index (χ2v) is 5.12. The minimum Gasteiger partial charge on any atom is -0.356 e. The molecule has 0 unspecified atom stereocenters. The number of hydrogen-bond acceptors (Lipinski definition) is 2. The number of nitrogens with zero attached hydrogens (tertiary/aromatic N) is 2. The Bertz CT molecular complexity index is 716. The van der Waals surface area contributed by atoms with E-state index in [1.54, 1.807) is 24.8 Å². The lowest BCUT2D eigenvalue weighted by Crippen LogP contribution is -2.12. The first kappa shape index (κ1) is 12.7. The molecule has 3 rings (SSSR count). The molecule has 1 aromatic carbocycles. The van der Waals surface area contributed by atoms with Crippen LogP contribution in [0.15, 0.2) is 59.7 Å². The number of aromatic nitrogens is 3. The zero-order valence-electron chi connectivity index (χ0n) is 10.4. The lowest BCUT2D eigenvalue weighted by molar-refractivity contribution is 0.102. The minimum absolute atomic E-state index is 0.175. The van der Waals surface area contributed by atoms with Crippen LogP contribution < -0.4 is 5.32 Å². The van der Waals surface area contributed by atoms with E-state index in [0.717, 1.165) is 15.8 Å². The first-order valence-corrected chi connectivity index (χ1v) is 6.75. The third kappa shape index (κ3) is 2.65. The predicted octanol–water partition coefficient (Wildman–Crippen LogP) is 3.22. The Labute approximate surface area is 123 Å². The van der Waals surface area contributed by atoms with Crippen molar-refractivity contribution in [2.24, 2.45) is 0 Å². The number of carbonyl (C=O) groups excluding carboxylic acids is 1. The van der Waals surface area contributed by atoms with Crippen molar-refractivity contribution >= 4 is 27.5 Å². The molecule has 0 aliphatic carbocycles. The molecule has 0 aliphatic heterocycles. The van der Waals surface area contributed by atoms with E-state index in [1.807, 2.05) is 35.0 Å². The fourth-order valence-electron chi connectivity index (χ4n) is 1.83. The van der Waals surface area contributed by atoms with Crippen molar-refractivity contribution in [1.82, 2.24) is 14.5 Å². The van der Waals surface area contributed by atoms with Gasteiger partial charge in [0.25, 0.3) is 5.91 Å². The Hall–Kier alpha value is -2.34. The third-order valence-electron chi connectivity index (χ3n) is 2.82. The van der Waals surface area contributed by atoms with Crippen LogP contribution in [-0.4, -0.2) is 20.4 Å². The fraction of sp³-hybridized carbons (Fsp3) is 0. The maximum absolute atomic E-state index is 12.0. The Balaban J connectivity index is 1.74. The molecular formula is C14H11BrN4O. The number of nitrogens with one attached hydrogen (secondary N) is 2. The summed E-state index contributed by atoms with van der Waals surface area (Å²) in [6, 6.07) is 9.27. The van der Waals surface area contributed by atoms with Gasteiger partial charge in [-0.3, -0.25) is 4.79 Å². The van der Waals surface area contributed by atoms with Crippen LogP contribution in [0.3, 0.4) is 0 Å². The highest BCUT2D eigenvalue weighted by Crippen LogP contribution is 2.15.